The van der Waals surface area contributed by atoms with E-state index in [4.69, 9.17) is 9.47 Å². The van der Waals surface area contributed by atoms with Crippen LogP contribution in [-0.4, -0.2) is 30.2 Å². The van der Waals surface area contributed by atoms with Gasteiger partial charge < -0.3 is 9.47 Å². The summed E-state index contributed by atoms with van der Waals surface area (Å²) in [6.07, 6.45) is -0.644. The molecule has 0 aromatic heterocycles. The molecule has 4 nitrogen and oxygen atoms in total. The van der Waals surface area contributed by atoms with E-state index in [2.05, 4.69) is 0 Å². The van der Waals surface area contributed by atoms with E-state index in [1.807, 2.05) is 36.4 Å². The third-order valence-electron chi connectivity index (χ3n) is 5.69. The first-order chi connectivity index (χ1) is 14.4. The fourth-order valence-corrected chi connectivity index (χ4v) is 4.24. The van der Waals surface area contributed by atoms with E-state index in [0.29, 0.717) is 12.0 Å². The minimum atomic E-state index is -4.43. The number of hydrogen-bond acceptors (Lipinski definition) is 3. The van der Waals surface area contributed by atoms with Crippen LogP contribution in [0.5, 0.6) is 5.75 Å². The number of halogens is 3. The SMILES string of the molecule is COc1cc(C(F)(F)F)ccc1C1=CC2CCC(C1)N2C(=O)OCc1ccccc1. The second kappa shape index (κ2) is 8.05. The van der Waals surface area contributed by atoms with Crippen LogP contribution in [0.1, 0.15) is 36.0 Å². The van der Waals surface area contributed by atoms with Crippen molar-refractivity contribution < 1.29 is 27.4 Å². The number of hydrogen-bond donors (Lipinski definition) is 0. The van der Waals surface area contributed by atoms with Crippen molar-refractivity contribution in [3.8, 4) is 5.75 Å². The lowest BCUT2D eigenvalue weighted by Crippen LogP contribution is -2.43. The van der Waals surface area contributed by atoms with Crippen molar-refractivity contribution in [2.24, 2.45) is 0 Å². The summed E-state index contributed by atoms with van der Waals surface area (Å²) in [6, 6.07) is 12.9. The summed E-state index contributed by atoms with van der Waals surface area (Å²) in [5.41, 5.74) is 1.72. The molecule has 158 valence electrons. The standard InChI is InChI=1S/C23H22F3NO3/c1-29-21-13-17(23(24,25)26)7-10-20(21)16-11-18-8-9-19(12-16)27(18)22(28)30-14-15-5-3-2-4-6-15/h2-7,10-11,13,18-19H,8-9,12,14H2,1H3. The van der Waals surface area contributed by atoms with Crippen LogP contribution >= 0.6 is 0 Å². The smallest absolute Gasteiger partial charge is 0.416 e. The Hall–Kier alpha value is -2.96. The third-order valence-corrected chi connectivity index (χ3v) is 5.69. The van der Waals surface area contributed by atoms with Gasteiger partial charge in [0.05, 0.1) is 18.7 Å². The molecule has 0 aliphatic carbocycles. The molecule has 2 bridgehead atoms. The molecule has 0 spiro atoms. The molecular weight excluding hydrogens is 395 g/mol. The van der Waals surface area contributed by atoms with E-state index < -0.39 is 11.7 Å². The lowest BCUT2D eigenvalue weighted by Gasteiger charge is -2.33. The lowest BCUT2D eigenvalue weighted by molar-refractivity contribution is -0.137. The summed E-state index contributed by atoms with van der Waals surface area (Å²) < 4.78 is 49.8. The highest BCUT2D eigenvalue weighted by Crippen LogP contribution is 2.42. The van der Waals surface area contributed by atoms with Gasteiger partial charge in [0, 0.05) is 11.6 Å². The summed E-state index contributed by atoms with van der Waals surface area (Å²) >= 11 is 0. The number of carbonyl (C=O) groups is 1. The first-order valence-electron chi connectivity index (χ1n) is 9.82. The molecule has 2 atom stereocenters. The molecule has 1 fully saturated rings. The number of benzene rings is 2. The number of ether oxygens (including phenoxy) is 2. The van der Waals surface area contributed by atoms with Crippen molar-refractivity contribution in [3.05, 3.63) is 71.3 Å². The second-order valence-corrected chi connectivity index (χ2v) is 7.55. The maximum absolute atomic E-state index is 13.0. The van der Waals surface area contributed by atoms with Crippen LogP contribution in [-0.2, 0) is 17.5 Å². The fraction of sp³-hybridized carbons (Fsp3) is 0.348. The summed E-state index contributed by atoms with van der Waals surface area (Å²) in [5, 5.41) is 0. The normalized spacial score (nSPS) is 20.7. The largest absolute Gasteiger partial charge is 0.496 e. The second-order valence-electron chi connectivity index (χ2n) is 7.55. The molecule has 1 saturated heterocycles. The van der Waals surface area contributed by atoms with Gasteiger partial charge in [-0.2, -0.15) is 13.2 Å². The zero-order chi connectivity index (χ0) is 21.3. The summed E-state index contributed by atoms with van der Waals surface area (Å²) in [5.74, 6) is 0.190. The molecule has 2 aliphatic rings. The van der Waals surface area contributed by atoms with Crippen LogP contribution in [0.2, 0.25) is 0 Å². The van der Waals surface area contributed by atoms with Crippen molar-refractivity contribution in [2.45, 2.75) is 44.1 Å². The topological polar surface area (TPSA) is 38.8 Å². The van der Waals surface area contributed by atoms with Gasteiger partial charge in [0.25, 0.3) is 0 Å². The molecule has 7 heteroatoms. The van der Waals surface area contributed by atoms with Crippen molar-refractivity contribution in [1.82, 2.24) is 4.90 Å². The summed E-state index contributed by atoms with van der Waals surface area (Å²) in [6.45, 7) is 0.207. The molecule has 0 N–H and O–H groups in total. The Morgan fingerprint density at radius 2 is 1.90 bits per heavy atom. The Morgan fingerprint density at radius 1 is 1.13 bits per heavy atom. The van der Waals surface area contributed by atoms with Gasteiger partial charge in [-0.25, -0.2) is 4.79 Å². The molecule has 2 unspecified atom stereocenters. The first-order valence-corrected chi connectivity index (χ1v) is 9.82. The Bertz CT molecular complexity index is 956. The highest BCUT2D eigenvalue weighted by atomic mass is 19.4. The van der Waals surface area contributed by atoms with Crippen molar-refractivity contribution in [2.75, 3.05) is 7.11 Å². The molecule has 2 aromatic carbocycles. The van der Waals surface area contributed by atoms with E-state index in [0.717, 1.165) is 36.1 Å². The fourth-order valence-electron chi connectivity index (χ4n) is 4.24. The molecule has 1 amide bonds. The number of carbonyl (C=O) groups excluding carboxylic acids is 1. The molecule has 2 aliphatic heterocycles. The number of methoxy groups -OCH3 is 1. The van der Waals surface area contributed by atoms with Crippen molar-refractivity contribution in [3.63, 3.8) is 0 Å². The summed E-state index contributed by atoms with van der Waals surface area (Å²) in [7, 11) is 1.37. The minimum Gasteiger partial charge on any atom is -0.496 e. The van der Waals surface area contributed by atoms with E-state index >= 15 is 0 Å². The number of amides is 1. The Kier molecular flexibility index (Phi) is 5.45. The molecule has 2 heterocycles. The predicted molar refractivity (Wildman–Crippen MR) is 106 cm³/mol. The lowest BCUT2D eigenvalue weighted by atomic mass is 9.93. The Balaban J connectivity index is 1.52. The predicted octanol–water partition coefficient (Wildman–Crippen LogP) is 5.67. The highest BCUT2D eigenvalue weighted by Gasteiger charge is 2.41. The zero-order valence-corrected chi connectivity index (χ0v) is 16.5. The van der Waals surface area contributed by atoms with Gasteiger partial charge in [0.1, 0.15) is 12.4 Å². The van der Waals surface area contributed by atoms with Crippen LogP contribution in [0.3, 0.4) is 0 Å². The average molecular weight is 417 g/mol. The molecule has 0 radical (unpaired) electrons. The number of nitrogens with zero attached hydrogens (tertiary/aromatic N) is 1. The first kappa shape index (κ1) is 20.3. The van der Waals surface area contributed by atoms with Crippen LogP contribution in [0, 0.1) is 0 Å². The molecular formula is C23H22F3NO3. The van der Waals surface area contributed by atoms with Gasteiger partial charge in [-0.3, -0.25) is 4.90 Å². The van der Waals surface area contributed by atoms with Crippen molar-refractivity contribution >= 4 is 11.7 Å². The van der Waals surface area contributed by atoms with Gasteiger partial charge in [0.15, 0.2) is 0 Å². The molecule has 30 heavy (non-hydrogen) atoms. The van der Waals surface area contributed by atoms with E-state index in [1.54, 1.807) is 4.90 Å². The Labute approximate surface area is 172 Å². The number of alkyl halides is 3. The maximum Gasteiger partial charge on any atom is 0.416 e. The average Bonchev–Trinajstić information content (AvgIpc) is 3.01. The van der Waals surface area contributed by atoms with Gasteiger partial charge >= 0.3 is 12.3 Å². The highest BCUT2D eigenvalue weighted by molar-refractivity contribution is 5.77. The maximum atomic E-state index is 13.0. The molecule has 2 aromatic rings. The van der Waals surface area contributed by atoms with Crippen molar-refractivity contribution in [1.29, 1.82) is 0 Å². The zero-order valence-electron chi connectivity index (χ0n) is 16.5. The molecule has 4 rings (SSSR count). The van der Waals surface area contributed by atoms with Gasteiger partial charge in [-0.05, 0) is 42.5 Å². The monoisotopic (exact) mass is 417 g/mol. The van der Waals surface area contributed by atoms with Crippen LogP contribution in [0.15, 0.2) is 54.6 Å². The van der Waals surface area contributed by atoms with Gasteiger partial charge in [0.2, 0.25) is 0 Å². The quantitative estimate of drug-likeness (QED) is 0.643. The van der Waals surface area contributed by atoms with Gasteiger partial charge in [-0.1, -0.05) is 42.5 Å². The van der Waals surface area contributed by atoms with E-state index in [1.165, 1.54) is 13.2 Å². The molecule has 0 saturated carbocycles. The number of fused-ring (bicyclic) bond motifs is 2. The van der Waals surface area contributed by atoms with E-state index in [9.17, 15) is 18.0 Å². The van der Waals surface area contributed by atoms with E-state index in [-0.39, 0.29) is 30.5 Å². The Morgan fingerprint density at radius 3 is 2.57 bits per heavy atom. The number of rotatable bonds is 4. The minimum absolute atomic E-state index is 0.0368. The van der Waals surface area contributed by atoms with Crippen LogP contribution < -0.4 is 4.74 Å². The van der Waals surface area contributed by atoms with Crippen LogP contribution in [0.25, 0.3) is 5.57 Å². The summed E-state index contributed by atoms with van der Waals surface area (Å²) in [4.78, 5) is 14.4. The third kappa shape index (κ3) is 4.01. The van der Waals surface area contributed by atoms with Gasteiger partial charge in [-0.15, -0.1) is 0 Å². The van der Waals surface area contributed by atoms with Crippen LogP contribution in [0.4, 0.5) is 18.0 Å².